The number of anilines is 1. The maximum Gasteiger partial charge on any atom is 0.151 e. The Bertz CT molecular complexity index is 312. The zero-order valence-electron chi connectivity index (χ0n) is 6.57. The molecule has 0 fully saturated rings. The summed E-state index contributed by atoms with van der Waals surface area (Å²) >= 11 is 0. The highest BCUT2D eigenvalue weighted by Gasteiger charge is 2.03. The maximum absolute atomic E-state index is 10.4. The number of nitrogens with zero attached hydrogens (tertiary/aromatic N) is 2. The summed E-state index contributed by atoms with van der Waals surface area (Å²) in [5.41, 5.74) is 5.55. The Hall–Kier alpha value is -1.65. The van der Waals surface area contributed by atoms with Crippen LogP contribution in [0.3, 0.4) is 0 Å². The van der Waals surface area contributed by atoms with E-state index in [-0.39, 0.29) is 11.5 Å². The van der Waals surface area contributed by atoms with E-state index in [0.29, 0.717) is 12.1 Å². The maximum atomic E-state index is 10.4. The summed E-state index contributed by atoms with van der Waals surface area (Å²) in [4.78, 5) is 17.8. The molecule has 1 aromatic rings. The summed E-state index contributed by atoms with van der Waals surface area (Å²) < 4.78 is 0. The van der Waals surface area contributed by atoms with Crippen LogP contribution in [0.5, 0.6) is 0 Å². The third kappa shape index (κ3) is 1.50. The van der Waals surface area contributed by atoms with Crippen molar-refractivity contribution in [1.29, 1.82) is 0 Å². The third-order valence-corrected chi connectivity index (χ3v) is 1.41. The van der Waals surface area contributed by atoms with E-state index in [1.807, 2.05) is 6.92 Å². The van der Waals surface area contributed by atoms with Crippen LogP contribution in [-0.2, 0) is 6.42 Å². The van der Waals surface area contributed by atoms with E-state index in [2.05, 4.69) is 9.97 Å². The van der Waals surface area contributed by atoms with Gasteiger partial charge in [0.25, 0.3) is 0 Å². The number of aromatic carboxylic acids is 1. The van der Waals surface area contributed by atoms with Crippen molar-refractivity contribution in [3.63, 3.8) is 0 Å². The topological polar surface area (TPSA) is 91.9 Å². The summed E-state index contributed by atoms with van der Waals surface area (Å²) in [6, 6.07) is 0. The number of aryl methyl sites for hydroxylation is 1. The molecule has 0 saturated carbocycles. The number of nitrogens with two attached hydrogens (primary N) is 1. The van der Waals surface area contributed by atoms with Crippen LogP contribution < -0.4 is 10.8 Å². The van der Waals surface area contributed by atoms with Crippen molar-refractivity contribution < 1.29 is 9.90 Å². The van der Waals surface area contributed by atoms with E-state index in [0.717, 1.165) is 0 Å². The highest BCUT2D eigenvalue weighted by atomic mass is 16.4. The lowest BCUT2D eigenvalue weighted by Crippen LogP contribution is -2.25. The van der Waals surface area contributed by atoms with Gasteiger partial charge in [-0.2, -0.15) is 0 Å². The van der Waals surface area contributed by atoms with Gasteiger partial charge in [-0.1, -0.05) is 6.92 Å². The summed E-state index contributed by atoms with van der Waals surface area (Å²) in [6.07, 6.45) is 2.06. The summed E-state index contributed by atoms with van der Waals surface area (Å²) in [7, 11) is 0. The number of carboxylic acids is 1. The molecular weight excluding hydrogens is 158 g/mol. The average Bonchev–Trinajstić information content (AvgIpc) is 2.05. The standard InChI is InChI=1S/C7H9N3O2/c1-2-4-3-9-6(8)5(10-4)7(11)12/h3H,2H2,1H3,(H2,8,9)(H,11,12)/p-1. The predicted octanol–water partition coefficient (Wildman–Crippen LogP) is -1.02. The molecule has 0 aliphatic rings. The molecule has 5 nitrogen and oxygen atoms in total. The van der Waals surface area contributed by atoms with Crippen molar-refractivity contribution >= 4 is 11.8 Å². The molecule has 0 unspecified atom stereocenters. The van der Waals surface area contributed by atoms with Crippen molar-refractivity contribution in [3.05, 3.63) is 17.6 Å². The lowest BCUT2D eigenvalue weighted by Gasteiger charge is -2.05. The fourth-order valence-corrected chi connectivity index (χ4v) is 0.756. The summed E-state index contributed by atoms with van der Waals surface area (Å²) in [5, 5.41) is 10.4. The lowest BCUT2D eigenvalue weighted by molar-refractivity contribution is -0.255. The molecule has 5 heteroatoms. The van der Waals surface area contributed by atoms with Crippen LogP contribution in [0, 0.1) is 0 Å². The van der Waals surface area contributed by atoms with Gasteiger partial charge in [0.15, 0.2) is 5.82 Å². The second-order valence-electron chi connectivity index (χ2n) is 2.24. The Kier molecular flexibility index (Phi) is 2.23. The van der Waals surface area contributed by atoms with Crippen LogP contribution in [-0.4, -0.2) is 15.9 Å². The Morgan fingerprint density at radius 1 is 1.75 bits per heavy atom. The van der Waals surface area contributed by atoms with E-state index in [1.54, 1.807) is 0 Å². The molecule has 1 rings (SSSR count). The highest BCUT2D eigenvalue weighted by Crippen LogP contribution is 2.04. The Balaban J connectivity index is 3.17. The van der Waals surface area contributed by atoms with Gasteiger partial charge in [-0.25, -0.2) is 9.97 Å². The normalized spacial score (nSPS) is 9.75. The van der Waals surface area contributed by atoms with Gasteiger partial charge >= 0.3 is 0 Å². The van der Waals surface area contributed by atoms with E-state index < -0.39 is 5.97 Å². The van der Waals surface area contributed by atoms with Gasteiger partial charge in [0.2, 0.25) is 0 Å². The first-order valence-electron chi connectivity index (χ1n) is 3.48. The molecule has 64 valence electrons. The molecule has 0 atom stereocenters. The Morgan fingerprint density at radius 2 is 2.42 bits per heavy atom. The SMILES string of the molecule is CCc1cnc(N)c(C(=O)[O-])n1. The first kappa shape index (κ1) is 8.45. The van der Waals surface area contributed by atoms with Crippen LogP contribution in [0.4, 0.5) is 5.82 Å². The number of carbonyl (C=O) groups is 1. The van der Waals surface area contributed by atoms with Crippen molar-refractivity contribution in [1.82, 2.24) is 9.97 Å². The molecular formula is C7H8N3O2-. The smallest absolute Gasteiger partial charge is 0.151 e. The molecule has 0 aromatic carbocycles. The van der Waals surface area contributed by atoms with Gasteiger partial charge in [-0.05, 0) is 6.42 Å². The zero-order valence-corrected chi connectivity index (χ0v) is 6.57. The Morgan fingerprint density at radius 3 is 2.92 bits per heavy atom. The molecule has 1 heterocycles. The zero-order chi connectivity index (χ0) is 9.14. The Labute approximate surface area is 69.3 Å². The largest absolute Gasteiger partial charge is 0.543 e. The number of aromatic nitrogens is 2. The van der Waals surface area contributed by atoms with Crippen LogP contribution in [0.1, 0.15) is 23.1 Å². The lowest BCUT2D eigenvalue weighted by atomic mass is 10.3. The number of nitrogen functional groups attached to an aromatic ring is 1. The van der Waals surface area contributed by atoms with Gasteiger partial charge in [0.05, 0.1) is 17.9 Å². The minimum atomic E-state index is -1.39. The highest BCUT2D eigenvalue weighted by molar-refractivity contribution is 5.88. The molecule has 0 amide bonds. The van der Waals surface area contributed by atoms with Crippen molar-refractivity contribution in [2.45, 2.75) is 13.3 Å². The minimum Gasteiger partial charge on any atom is -0.543 e. The molecule has 1 aromatic heterocycles. The molecule has 0 aliphatic carbocycles. The second kappa shape index (κ2) is 3.17. The molecule has 0 spiro atoms. The monoisotopic (exact) mass is 166 g/mol. The molecule has 0 radical (unpaired) electrons. The molecule has 2 N–H and O–H groups in total. The van der Waals surface area contributed by atoms with Crippen LogP contribution in [0.2, 0.25) is 0 Å². The number of carbonyl (C=O) groups excluding carboxylic acids is 1. The van der Waals surface area contributed by atoms with E-state index >= 15 is 0 Å². The second-order valence-corrected chi connectivity index (χ2v) is 2.24. The molecule has 0 aliphatic heterocycles. The third-order valence-electron chi connectivity index (χ3n) is 1.41. The van der Waals surface area contributed by atoms with Crippen LogP contribution in [0.25, 0.3) is 0 Å². The fourth-order valence-electron chi connectivity index (χ4n) is 0.756. The van der Waals surface area contributed by atoms with Gasteiger partial charge in [0.1, 0.15) is 5.69 Å². The van der Waals surface area contributed by atoms with Gasteiger partial charge < -0.3 is 15.6 Å². The molecule has 0 bridgehead atoms. The van der Waals surface area contributed by atoms with Gasteiger partial charge in [-0.15, -0.1) is 0 Å². The van der Waals surface area contributed by atoms with Gasteiger partial charge in [0, 0.05) is 0 Å². The number of hydrogen-bond acceptors (Lipinski definition) is 5. The van der Waals surface area contributed by atoms with Crippen LogP contribution >= 0.6 is 0 Å². The average molecular weight is 166 g/mol. The first-order chi connectivity index (χ1) is 5.65. The quantitative estimate of drug-likeness (QED) is 0.607. The van der Waals surface area contributed by atoms with E-state index in [4.69, 9.17) is 5.73 Å². The van der Waals surface area contributed by atoms with Crippen molar-refractivity contribution in [3.8, 4) is 0 Å². The number of rotatable bonds is 2. The summed E-state index contributed by atoms with van der Waals surface area (Å²) in [6.45, 7) is 1.85. The predicted molar refractivity (Wildman–Crippen MR) is 40.2 cm³/mol. The van der Waals surface area contributed by atoms with Gasteiger partial charge in [-0.3, -0.25) is 0 Å². The van der Waals surface area contributed by atoms with E-state index in [1.165, 1.54) is 6.20 Å². The number of hydrogen-bond donors (Lipinski definition) is 1. The molecule has 0 saturated heterocycles. The van der Waals surface area contributed by atoms with Crippen LogP contribution in [0.15, 0.2) is 6.20 Å². The van der Waals surface area contributed by atoms with E-state index in [9.17, 15) is 9.90 Å². The fraction of sp³-hybridized carbons (Fsp3) is 0.286. The minimum absolute atomic E-state index is 0.104. The number of carboxylic acid groups (broad SMARTS) is 1. The van der Waals surface area contributed by atoms with Crippen molar-refractivity contribution in [2.24, 2.45) is 0 Å². The first-order valence-corrected chi connectivity index (χ1v) is 3.48. The summed E-state index contributed by atoms with van der Waals surface area (Å²) in [5.74, 6) is -1.50. The van der Waals surface area contributed by atoms with Crippen molar-refractivity contribution in [2.75, 3.05) is 5.73 Å². The molecule has 12 heavy (non-hydrogen) atoms.